The van der Waals surface area contributed by atoms with Crippen molar-refractivity contribution in [2.75, 3.05) is 0 Å². The molecule has 1 aromatic heterocycles. The van der Waals surface area contributed by atoms with Gasteiger partial charge in [-0.3, -0.25) is 4.79 Å². The second-order valence-corrected chi connectivity index (χ2v) is 2.74. The van der Waals surface area contributed by atoms with Crippen LogP contribution in [0, 0.1) is 0 Å². The number of carbonyl (C=O) groups excluding carboxylic acids is 1. The standard InChI is InChI=1S/C8H8ClN3O/c9-7-5-4-6(11-12-7)2-1-3-8(10)13/h1-2,4-5H,3H2,(H2,10,13). The number of nitrogens with zero attached hydrogens (tertiary/aromatic N) is 2. The molecule has 0 aromatic carbocycles. The first-order valence-electron chi connectivity index (χ1n) is 3.62. The van der Waals surface area contributed by atoms with Gasteiger partial charge in [0.25, 0.3) is 0 Å². The molecular weight excluding hydrogens is 190 g/mol. The number of carbonyl (C=O) groups is 1. The van der Waals surface area contributed by atoms with E-state index in [-0.39, 0.29) is 12.3 Å². The molecule has 68 valence electrons. The number of nitrogens with two attached hydrogens (primary N) is 1. The molecule has 0 saturated carbocycles. The van der Waals surface area contributed by atoms with Crippen LogP contribution in [0.3, 0.4) is 0 Å². The monoisotopic (exact) mass is 197 g/mol. The van der Waals surface area contributed by atoms with E-state index in [4.69, 9.17) is 17.3 Å². The van der Waals surface area contributed by atoms with Gasteiger partial charge in [-0.1, -0.05) is 17.7 Å². The zero-order valence-electron chi connectivity index (χ0n) is 6.77. The van der Waals surface area contributed by atoms with Crippen LogP contribution in [0.1, 0.15) is 12.1 Å². The van der Waals surface area contributed by atoms with Gasteiger partial charge in [0.1, 0.15) is 0 Å². The molecule has 2 N–H and O–H groups in total. The number of hydrogen-bond donors (Lipinski definition) is 1. The average Bonchev–Trinajstić information content (AvgIpc) is 2.08. The Labute approximate surface area is 80.4 Å². The Morgan fingerprint density at radius 3 is 2.85 bits per heavy atom. The third-order valence-corrected chi connectivity index (χ3v) is 1.46. The van der Waals surface area contributed by atoms with Crippen molar-refractivity contribution in [2.24, 2.45) is 5.73 Å². The maximum atomic E-state index is 10.4. The summed E-state index contributed by atoms with van der Waals surface area (Å²) >= 11 is 5.52. The van der Waals surface area contributed by atoms with E-state index in [1.165, 1.54) is 0 Å². The predicted molar refractivity (Wildman–Crippen MR) is 49.9 cm³/mol. The van der Waals surface area contributed by atoms with Crippen LogP contribution in [-0.4, -0.2) is 16.1 Å². The second kappa shape index (κ2) is 4.57. The number of rotatable bonds is 3. The second-order valence-electron chi connectivity index (χ2n) is 2.35. The fraction of sp³-hybridized carbons (Fsp3) is 0.125. The highest BCUT2D eigenvalue weighted by atomic mass is 35.5. The molecule has 0 aliphatic carbocycles. The van der Waals surface area contributed by atoms with Crippen LogP contribution in [0.5, 0.6) is 0 Å². The Balaban J connectivity index is 2.59. The van der Waals surface area contributed by atoms with Crippen molar-refractivity contribution in [1.29, 1.82) is 0 Å². The fourth-order valence-electron chi connectivity index (χ4n) is 0.711. The van der Waals surface area contributed by atoms with Crippen LogP contribution in [0.2, 0.25) is 5.15 Å². The van der Waals surface area contributed by atoms with Gasteiger partial charge in [0, 0.05) is 6.42 Å². The van der Waals surface area contributed by atoms with Crippen LogP contribution < -0.4 is 5.73 Å². The molecule has 1 heterocycles. The summed E-state index contributed by atoms with van der Waals surface area (Å²) in [4.78, 5) is 10.4. The van der Waals surface area contributed by atoms with Crippen LogP contribution in [0.4, 0.5) is 0 Å². The molecule has 0 saturated heterocycles. The first kappa shape index (κ1) is 9.67. The van der Waals surface area contributed by atoms with Crippen molar-refractivity contribution >= 4 is 23.6 Å². The summed E-state index contributed by atoms with van der Waals surface area (Å²) in [5.74, 6) is -0.377. The lowest BCUT2D eigenvalue weighted by Crippen LogP contribution is -2.07. The number of amides is 1. The van der Waals surface area contributed by atoms with Crippen molar-refractivity contribution in [2.45, 2.75) is 6.42 Å². The minimum Gasteiger partial charge on any atom is -0.369 e. The third kappa shape index (κ3) is 3.66. The van der Waals surface area contributed by atoms with Crippen LogP contribution >= 0.6 is 11.6 Å². The largest absolute Gasteiger partial charge is 0.369 e. The minimum absolute atomic E-state index is 0.199. The Hall–Kier alpha value is -1.42. The molecule has 0 radical (unpaired) electrons. The number of hydrogen-bond acceptors (Lipinski definition) is 3. The maximum absolute atomic E-state index is 10.4. The van der Waals surface area contributed by atoms with Gasteiger partial charge < -0.3 is 5.73 Å². The van der Waals surface area contributed by atoms with E-state index in [2.05, 4.69) is 10.2 Å². The Morgan fingerprint density at radius 2 is 2.31 bits per heavy atom. The van der Waals surface area contributed by atoms with Gasteiger partial charge in [0.15, 0.2) is 5.15 Å². The zero-order valence-corrected chi connectivity index (χ0v) is 7.53. The van der Waals surface area contributed by atoms with Crippen LogP contribution in [0.25, 0.3) is 6.08 Å². The van der Waals surface area contributed by atoms with E-state index in [1.54, 1.807) is 24.3 Å². The van der Waals surface area contributed by atoms with E-state index >= 15 is 0 Å². The highest BCUT2D eigenvalue weighted by Gasteiger charge is 1.91. The third-order valence-electron chi connectivity index (χ3n) is 1.26. The van der Waals surface area contributed by atoms with Crippen molar-refractivity contribution < 1.29 is 4.79 Å². The van der Waals surface area contributed by atoms with E-state index < -0.39 is 0 Å². The molecule has 1 amide bonds. The Kier molecular flexibility index (Phi) is 3.40. The normalized spacial score (nSPS) is 10.5. The molecule has 0 atom stereocenters. The summed E-state index contributed by atoms with van der Waals surface area (Å²) in [6.45, 7) is 0. The van der Waals surface area contributed by atoms with Crippen molar-refractivity contribution in [3.05, 3.63) is 29.1 Å². The van der Waals surface area contributed by atoms with Gasteiger partial charge in [-0.15, -0.1) is 10.2 Å². The van der Waals surface area contributed by atoms with Crippen LogP contribution in [0.15, 0.2) is 18.2 Å². The van der Waals surface area contributed by atoms with Crippen molar-refractivity contribution in [3.63, 3.8) is 0 Å². The minimum atomic E-state index is -0.377. The van der Waals surface area contributed by atoms with Gasteiger partial charge in [-0.05, 0) is 18.2 Å². The average molecular weight is 198 g/mol. The summed E-state index contributed by atoms with van der Waals surface area (Å²) in [6.07, 6.45) is 3.48. The van der Waals surface area contributed by atoms with E-state index in [1.807, 2.05) is 0 Å². The topological polar surface area (TPSA) is 68.9 Å². The van der Waals surface area contributed by atoms with E-state index in [0.29, 0.717) is 10.8 Å². The summed E-state index contributed by atoms with van der Waals surface area (Å²) in [5, 5.41) is 7.72. The zero-order chi connectivity index (χ0) is 9.68. The smallest absolute Gasteiger partial charge is 0.221 e. The summed E-state index contributed by atoms with van der Waals surface area (Å²) in [7, 11) is 0. The van der Waals surface area contributed by atoms with Gasteiger partial charge in [0.2, 0.25) is 5.91 Å². The van der Waals surface area contributed by atoms with Crippen molar-refractivity contribution in [1.82, 2.24) is 10.2 Å². The lowest BCUT2D eigenvalue weighted by molar-refractivity contribution is -0.117. The molecule has 4 nitrogen and oxygen atoms in total. The number of aromatic nitrogens is 2. The highest BCUT2D eigenvalue weighted by Crippen LogP contribution is 2.03. The number of halogens is 1. The Bertz CT molecular complexity index is 321. The summed E-state index contributed by atoms with van der Waals surface area (Å²) in [5.41, 5.74) is 5.58. The molecule has 5 heteroatoms. The van der Waals surface area contributed by atoms with Gasteiger partial charge >= 0.3 is 0 Å². The summed E-state index contributed by atoms with van der Waals surface area (Å²) in [6, 6.07) is 3.32. The molecular formula is C8H8ClN3O. The fourth-order valence-corrected chi connectivity index (χ4v) is 0.812. The first-order valence-corrected chi connectivity index (χ1v) is 4.00. The summed E-state index contributed by atoms with van der Waals surface area (Å²) < 4.78 is 0. The lowest BCUT2D eigenvalue weighted by atomic mass is 10.3. The van der Waals surface area contributed by atoms with E-state index in [9.17, 15) is 4.79 Å². The molecule has 0 aliphatic rings. The highest BCUT2D eigenvalue weighted by molar-refractivity contribution is 6.29. The van der Waals surface area contributed by atoms with Gasteiger partial charge in [-0.2, -0.15) is 0 Å². The van der Waals surface area contributed by atoms with Gasteiger partial charge in [-0.25, -0.2) is 0 Å². The quantitative estimate of drug-likeness (QED) is 0.787. The molecule has 0 aliphatic heterocycles. The molecule has 13 heavy (non-hydrogen) atoms. The molecule has 0 spiro atoms. The van der Waals surface area contributed by atoms with Gasteiger partial charge in [0.05, 0.1) is 5.69 Å². The molecule has 1 aromatic rings. The molecule has 0 fully saturated rings. The first-order chi connectivity index (χ1) is 6.18. The van der Waals surface area contributed by atoms with E-state index in [0.717, 1.165) is 0 Å². The molecule has 0 unspecified atom stereocenters. The Morgan fingerprint density at radius 1 is 1.54 bits per heavy atom. The lowest BCUT2D eigenvalue weighted by Gasteiger charge is -1.90. The maximum Gasteiger partial charge on any atom is 0.221 e. The van der Waals surface area contributed by atoms with Crippen molar-refractivity contribution in [3.8, 4) is 0 Å². The molecule has 1 rings (SSSR count). The predicted octanol–water partition coefficient (Wildman–Crippen LogP) is 1.02. The molecule has 0 bridgehead atoms. The number of primary amides is 1. The van der Waals surface area contributed by atoms with Crippen LogP contribution in [-0.2, 0) is 4.79 Å². The SMILES string of the molecule is NC(=O)CC=Cc1ccc(Cl)nn1.